The predicted molar refractivity (Wildman–Crippen MR) is 66.1 cm³/mol. The van der Waals surface area contributed by atoms with Crippen molar-refractivity contribution in [3.05, 3.63) is 35.9 Å². The summed E-state index contributed by atoms with van der Waals surface area (Å²) in [6.07, 6.45) is 0.420. The number of carbonyl (C=O) groups excluding carboxylic acids is 1. The van der Waals surface area contributed by atoms with Gasteiger partial charge in [-0.1, -0.05) is 44.2 Å². The van der Waals surface area contributed by atoms with E-state index in [1.165, 1.54) is 12.7 Å². The Balaban J connectivity index is 0.00000106. The summed E-state index contributed by atoms with van der Waals surface area (Å²) >= 11 is 0. The smallest absolute Gasteiger partial charge is 0.306 e. The molecule has 0 spiro atoms. The van der Waals surface area contributed by atoms with E-state index < -0.39 is 0 Å². The number of methoxy groups -OCH3 is 1. The molecule has 0 amide bonds. The Hall–Kier alpha value is -1.35. The van der Waals surface area contributed by atoms with Crippen LogP contribution in [0.2, 0.25) is 0 Å². The van der Waals surface area contributed by atoms with Gasteiger partial charge in [-0.15, -0.1) is 0 Å². The van der Waals surface area contributed by atoms with Crippen LogP contribution in [-0.2, 0) is 16.1 Å². The first-order valence-corrected chi connectivity index (χ1v) is 5.64. The molecule has 3 heteroatoms. The maximum absolute atomic E-state index is 10.8. The van der Waals surface area contributed by atoms with Gasteiger partial charge in [0.2, 0.25) is 0 Å². The maximum atomic E-state index is 10.8. The van der Waals surface area contributed by atoms with Gasteiger partial charge in [-0.3, -0.25) is 4.79 Å². The first-order chi connectivity index (χ1) is 7.83. The molecule has 0 bridgehead atoms. The molecule has 0 aromatic heterocycles. The van der Waals surface area contributed by atoms with Gasteiger partial charge in [0.25, 0.3) is 0 Å². The molecule has 90 valence electrons. The fourth-order valence-electron chi connectivity index (χ4n) is 1.12. The SMILES string of the molecule is CC.COC(=O)CCNCc1ccccc1. The average Bonchev–Trinajstić information content (AvgIpc) is 2.38. The topological polar surface area (TPSA) is 38.3 Å². The van der Waals surface area contributed by atoms with Crippen molar-refractivity contribution in [1.82, 2.24) is 5.32 Å². The Morgan fingerprint density at radius 2 is 1.88 bits per heavy atom. The minimum atomic E-state index is -0.175. The fourth-order valence-corrected chi connectivity index (χ4v) is 1.12. The van der Waals surface area contributed by atoms with E-state index in [0.29, 0.717) is 13.0 Å². The van der Waals surface area contributed by atoms with Crippen molar-refractivity contribution in [2.45, 2.75) is 26.8 Å². The molecule has 1 aromatic rings. The molecule has 0 unspecified atom stereocenters. The number of rotatable bonds is 5. The lowest BCUT2D eigenvalue weighted by Crippen LogP contribution is -2.18. The van der Waals surface area contributed by atoms with Crippen LogP contribution in [0.5, 0.6) is 0 Å². The Morgan fingerprint density at radius 1 is 1.25 bits per heavy atom. The van der Waals surface area contributed by atoms with E-state index in [4.69, 9.17) is 0 Å². The van der Waals surface area contributed by atoms with Crippen molar-refractivity contribution in [3.63, 3.8) is 0 Å². The molecular formula is C13H21NO2. The second kappa shape index (κ2) is 10.2. The highest BCUT2D eigenvalue weighted by atomic mass is 16.5. The molecule has 0 aliphatic rings. The van der Waals surface area contributed by atoms with Crippen LogP contribution in [-0.4, -0.2) is 19.6 Å². The van der Waals surface area contributed by atoms with Crippen molar-refractivity contribution in [2.75, 3.05) is 13.7 Å². The number of nitrogens with one attached hydrogen (secondary N) is 1. The second-order valence-electron chi connectivity index (χ2n) is 2.99. The largest absolute Gasteiger partial charge is 0.469 e. The summed E-state index contributed by atoms with van der Waals surface area (Å²) in [5.74, 6) is -0.175. The van der Waals surface area contributed by atoms with Crippen LogP contribution in [0, 0.1) is 0 Å². The van der Waals surface area contributed by atoms with Crippen molar-refractivity contribution < 1.29 is 9.53 Å². The zero-order chi connectivity index (χ0) is 12.2. The third kappa shape index (κ3) is 7.01. The highest BCUT2D eigenvalue weighted by Crippen LogP contribution is 1.96. The summed E-state index contributed by atoms with van der Waals surface area (Å²) in [5, 5.41) is 3.17. The fraction of sp³-hybridized carbons (Fsp3) is 0.462. The molecule has 1 N–H and O–H groups in total. The molecule has 1 rings (SSSR count). The van der Waals surface area contributed by atoms with E-state index in [0.717, 1.165) is 6.54 Å². The van der Waals surface area contributed by atoms with E-state index in [-0.39, 0.29) is 5.97 Å². The van der Waals surface area contributed by atoms with E-state index in [1.54, 1.807) is 0 Å². The van der Waals surface area contributed by atoms with Crippen LogP contribution in [0.15, 0.2) is 30.3 Å². The maximum Gasteiger partial charge on any atom is 0.306 e. The molecular weight excluding hydrogens is 202 g/mol. The summed E-state index contributed by atoms with van der Waals surface area (Å²) < 4.78 is 4.52. The zero-order valence-corrected chi connectivity index (χ0v) is 10.3. The van der Waals surface area contributed by atoms with Crippen molar-refractivity contribution in [3.8, 4) is 0 Å². The summed E-state index contributed by atoms with van der Waals surface area (Å²) in [7, 11) is 1.40. The van der Waals surface area contributed by atoms with Gasteiger partial charge in [-0.05, 0) is 5.56 Å². The molecule has 0 atom stereocenters. The summed E-state index contributed by atoms with van der Waals surface area (Å²) in [4.78, 5) is 10.8. The molecule has 0 aliphatic heterocycles. The van der Waals surface area contributed by atoms with E-state index in [9.17, 15) is 4.79 Å². The predicted octanol–water partition coefficient (Wildman–Crippen LogP) is 2.37. The van der Waals surface area contributed by atoms with Crippen LogP contribution in [0.25, 0.3) is 0 Å². The zero-order valence-electron chi connectivity index (χ0n) is 10.3. The van der Waals surface area contributed by atoms with Crippen molar-refractivity contribution in [1.29, 1.82) is 0 Å². The Labute approximate surface area is 97.8 Å². The lowest BCUT2D eigenvalue weighted by atomic mass is 10.2. The lowest BCUT2D eigenvalue weighted by Gasteiger charge is -2.03. The van der Waals surface area contributed by atoms with E-state index in [1.807, 2.05) is 44.2 Å². The van der Waals surface area contributed by atoms with Gasteiger partial charge >= 0.3 is 5.97 Å². The summed E-state index contributed by atoms with van der Waals surface area (Å²) in [6.45, 7) is 5.44. The Kier molecular flexibility index (Phi) is 9.32. The van der Waals surface area contributed by atoms with Gasteiger partial charge in [0, 0.05) is 13.1 Å². The van der Waals surface area contributed by atoms with Crippen LogP contribution in [0.1, 0.15) is 25.8 Å². The second-order valence-corrected chi connectivity index (χ2v) is 2.99. The number of hydrogen-bond acceptors (Lipinski definition) is 3. The molecule has 16 heavy (non-hydrogen) atoms. The molecule has 0 radical (unpaired) electrons. The number of esters is 1. The van der Waals surface area contributed by atoms with Gasteiger partial charge in [0.1, 0.15) is 0 Å². The van der Waals surface area contributed by atoms with E-state index >= 15 is 0 Å². The van der Waals surface area contributed by atoms with Crippen LogP contribution >= 0.6 is 0 Å². The van der Waals surface area contributed by atoms with Gasteiger partial charge in [-0.2, -0.15) is 0 Å². The first-order valence-electron chi connectivity index (χ1n) is 5.64. The monoisotopic (exact) mass is 223 g/mol. The minimum absolute atomic E-state index is 0.175. The van der Waals surface area contributed by atoms with Crippen LogP contribution < -0.4 is 5.32 Å². The van der Waals surface area contributed by atoms with Gasteiger partial charge in [0.05, 0.1) is 13.5 Å². The summed E-state index contributed by atoms with van der Waals surface area (Å²) in [6, 6.07) is 10.1. The molecule has 0 fully saturated rings. The Bertz CT molecular complexity index is 273. The highest BCUT2D eigenvalue weighted by Gasteiger charge is 1.98. The third-order valence-electron chi connectivity index (χ3n) is 1.91. The van der Waals surface area contributed by atoms with Crippen LogP contribution in [0.3, 0.4) is 0 Å². The van der Waals surface area contributed by atoms with Crippen molar-refractivity contribution in [2.24, 2.45) is 0 Å². The quantitative estimate of drug-likeness (QED) is 0.615. The Morgan fingerprint density at radius 3 is 2.44 bits per heavy atom. The van der Waals surface area contributed by atoms with Crippen molar-refractivity contribution >= 4 is 5.97 Å². The van der Waals surface area contributed by atoms with Gasteiger partial charge in [-0.25, -0.2) is 0 Å². The number of carbonyl (C=O) groups is 1. The molecule has 0 saturated carbocycles. The first kappa shape index (κ1) is 14.6. The average molecular weight is 223 g/mol. The lowest BCUT2D eigenvalue weighted by molar-refractivity contribution is -0.140. The summed E-state index contributed by atoms with van der Waals surface area (Å²) in [5.41, 5.74) is 1.22. The van der Waals surface area contributed by atoms with Gasteiger partial charge in [0.15, 0.2) is 0 Å². The minimum Gasteiger partial charge on any atom is -0.469 e. The van der Waals surface area contributed by atoms with E-state index in [2.05, 4.69) is 10.1 Å². The molecule has 0 aliphatic carbocycles. The molecule has 3 nitrogen and oxygen atoms in total. The molecule has 1 aromatic carbocycles. The normalized spacial score (nSPS) is 8.94. The number of hydrogen-bond donors (Lipinski definition) is 1. The van der Waals surface area contributed by atoms with Crippen LogP contribution in [0.4, 0.5) is 0 Å². The molecule has 0 saturated heterocycles. The standard InChI is InChI=1S/C11H15NO2.C2H6/c1-14-11(13)7-8-12-9-10-5-3-2-4-6-10;1-2/h2-6,12H,7-9H2,1H3;1-2H3. The highest BCUT2D eigenvalue weighted by molar-refractivity contribution is 5.69. The molecule has 0 heterocycles. The number of benzene rings is 1. The van der Waals surface area contributed by atoms with Gasteiger partial charge < -0.3 is 10.1 Å². The number of ether oxygens (including phenoxy) is 1. The third-order valence-corrected chi connectivity index (χ3v) is 1.91.